The fourth-order valence-corrected chi connectivity index (χ4v) is 2.07. The van der Waals surface area contributed by atoms with Gasteiger partial charge in [-0.25, -0.2) is 0 Å². The number of amides is 1. The fraction of sp³-hybridized carbons (Fsp3) is 0.750. The number of thioether (sulfide) groups is 1. The van der Waals surface area contributed by atoms with Gasteiger partial charge in [0.15, 0.2) is 0 Å². The second-order valence-electron chi connectivity index (χ2n) is 3.98. The Morgan fingerprint density at radius 2 is 2.05 bits per heavy atom. The molecule has 7 heteroatoms. The minimum atomic E-state index is -0.866. The summed E-state index contributed by atoms with van der Waals surface area (Å²) in [6.45, 7) is 4.30. The number of carbonyl (C=O) groups excluding carboxylic acids is 2. The van der Waals surface area contributed by atoms with E-state index in [1.807, 2.05) is 0 Å². The summed E-state index contributed by atoms with van der Waals surface area (Å²) in [4.78, 5) is 32.8. The van der Waals surface area contributed by atoms with Crippen molar-refractivity contribution in [3.8, 4) is 0 Å². The number of nitrogens with one attached hydrogen (secondary N) is 1. The highest BCUT2D eigenvalue weighted by molar-refractivity contribution is 8.00. The first kappa shape index (κ1) is 17.8. The molecule has 19 heavy (non-hydrogen) atoms. The van der Waals surface area contributed by atoms with Gasteiger partial charge in [0.05, 0.1) is 18.8 Å². The van der Waals surface area contributed by atoms with E-state index in [2.05, 4.69) is 5.32 Å². The molecule has 0 aromatic heterocycles. The summed E-state index contributed by atoms with van der Waals surface area (Å²) in [5.74, 6) is -1.05. The molecule has 6 nitrogen and oxygen atoms in total. The molecule has 2 N–H and O–H groups in total. The maximum atomic E-state index is 11.4. The van der Waals surface area contributed by atoms with Crippen molar-refractivity contribution in [2.45, 2.75) is 38.4 Å². The number of rotatable bonds is 10. The maximum Gasteiger partial charge on any atom is 0.305 e. The average molecular weight is 291 g/mol. The molecule has 0 saturated heterocycles. The van der Waals surface area contributed by atoms with Gasteiger partial charge in [0, 0.05) is 18.2 Å². The SMILES string of the molecule is CCOC(=O)CCCNC(=O)CSC(C)CC(=O)O. The molecule has 0 aliphatic heterocycles. The number of ether oxygens (including phenoxy) is 1. The van der Waals surface area contributed by atoms with E-state index in [1.54, 1.807) is 13.8 Å². The predicted octanol–water partition coefficient (Wildman–Crippen LogP) is 1.04. The highest BCUT2D eigenvalue weighted by Gasteiger charge is 2.10. The highest BCUT2D eigenvalue weighted by atomic mass is 32.2. The van der Waals surface area contributed by atoms with E-state index in [-0.39, 0.29) is 35.7 Å². The van der Waals surface area contributed by atoms with Crippen LogP contribution in [-0.4, -0.2) is 47.1 Å². The van der Waals surface area contributed by atoms with Gasteiger partial charge in [0.2, 0.25) is 5.91 Å². The third kappa shape index (κ3) is 11.6. The molecule has 0 aliphatic carbocycles. The molecule has 0 aliphatic rings. The summed E-state index contributed by atoms with van der Waals surface area (Å²) in [5, 5.41) is 11.1. The Bertz CT molecular complexity index is 308. The Morgan fingerprint density at radius 1 is 1.37 bits per heavy atom. The normalized spacial score (nSPS) is 11.7. The largest absolute Gasteiger partial charge is 0.481 e. The van der Waals surface area contributed by atoms with Crippen LogP contribution >= 0.6 is 11.8 Å². The lowest BCUT2D eigenvalue weighted by molar-refractivity contribution is -0.143. The van der Waals surface area contributed by atoms with Crippen LogP contribution in [0.15, 0.2) is 0 Å². The number of aliphatic carboxylic acids is 1. The highest BCUT2D eigenvalue weighted by Crippen LogP contribution is 2.13. The van der Waals surface area contributed by atoms with E-state index in [9.17, 15) is 14.4 Å². The summed E-state index contributed by atoms with van der Waals surface area (Å²) in [5.41, 5.74) is 0. The van der Waals surface area contributed by atoms with Crippen molar-refractivity contribution >= 4 is 29.6 Å². The monoisotopic (exact) mass is 291 g/mol. The maximum absolute atomic E-state index is 11.4. The molecular weight excluding hydrogens is 270 g/mol. The van der Waals surface area contributed by atoms with E-state index < -0.39 is 5.97 Å². The van der Waals surface area contributed by atoms with Crippen molar-refractivity contribution in [2.75, 3.05) is 18.9 Å². The molecule has 0 radical (unpaired) electrons. The smallest absolute Gasteiger partial charge is 0.305 e. The lowest BCUT2D eigenvalue weighted by atomic mass is 10.3. The second-order valence-corrected chi connectivity index (χ2v) is 5.40. The van der Waals surface area contributed by atoms with Crippen molar-refractivity contribution < 1.29 is 24.2 Å². The van der Waals surface area contributed by atoms with E-state index in [0.717, 1.165) is 0 Å². The molecule has 0 spiro atoms. The van der Waals surface area contributed by atoms with Crippen LogP contribution in [0.5, 0.6) is 0 Å². The zero-order valence-electron chi connectivity index (χ0n) is 11.3. The molecule has 110 valence electrons. The quantitative estimate of drug-likeness (QED) is 0.461. The lowest BCUT2D eigenvalue weighted by Crippen LogP contribution is -2.27. The minimum absolute atomic E-state index is 0.0425. The summed E-state index contributed by atoms with van der Waals surface area (Å²) < 4.78 is 4.75. The van der Waals surface area contributed by atoms with Gasteiger partial charge in [-0.3, -0.25) is 14.4 Å². The van der Waals surface area contributed by atoms with Gasteiger partial charge in [-0.15, -0.1) is 11.8 Å². The van der Waals surface area contributed by atoms with Crippen LogP contribution in [0, 0.1) is 0 Å². The average Bonchev–Trinajstić information content (AvgIpc) is 2.31. The summed E-state index contributed by atoms with van der Waals surface area (Å²) >= 11 is 1.30. The third-order valence-corrected chi connectivity index (χ3v) is 3.31. The molecule has 0 rings (SSSR count). The minimum Gasteiger partial charge on any atom is -0.481 e. The van der Waals surface area contributed by atoms with Crippen molar-refractivity contribution in [2.24, 2.45) is 0 Å². The number of carboxylic acid groups (broad SMARTS) is 1. The standard InChI is InChI=1S/C12H21NO5S/c1-3-18-12(17)5-4-6-13-10(14)8-19-9(2)7-11(15)16/h9H,3-8H2,1-2H3,(H,13,14)(H,15,16). The van der Waals surface area contributed by atoms with E-state index in [4.69, 9.17) is 9.84 Å². The van der Waals surface area contributed by atoms with Crippen molar-refractivity contribution in [1.29, 1.82) is 0 Å². The van der Waals surface area contributed by atoms with Crippen molar-refractivity contribution in [3.05, 3.63) is 0 Å². The molecule has 1 amide bonds. The molecule has 0 aromatic carbocycles. The van der Waals surface area contributed by atoms with Crippen LogP contribution < -0.4 is 5.32 Å². The number of carbonyl (C=O) groups is 3. The van der Waals surface area contributed by atoms with Gasteiger partial charge in [-0.05, 0) is 13.3 Å². The van der Waals surface area contributed by atoms with Gasteiger partial charge < -0.3 is 15.2 Å². The second kappa shape index (κ2) is 10.7. The number of esters is 1. The summed E-state index contributed by atoms with van der Waals surface area (Å²) in [6, 6.07) is 0. The summed E-state index contributed by atoms with van der Waals surface area (Å²) in [6.07, 6.45) is 0.872. The van der Waals surface area contributed by atoms with Crippen LogP contribution in [0.3, 0.4) is 0 Å². The molecule has 0 saturated carbocycles. The van der Waals surface area contributed by atoms with E-state index >= 15 is 0 Å². The van der Waals surface area contributed by atoms with Crippen molar-refractivity contribution in [3.63, 3.8) is 0 Å². The van der Waals surface area contributed by atoms with Gasteiger partial charge in [-0.1, -0.05) is 6.92 Å². The zero-order chi connectivity index (χ0) is 14.7. The Labute approximate surface area is 117 Å². The van der Waals surface area contributed by atoms with Gasteiger partial charge in [0.25, 0.3) is 0 Å². The number of hydrogen-bond donors (Lipinski definition) is 2. The van der Waals surface area contributed by atoms with Crippen LogP contribution in [0.2, 0.25) is 0 Å². The van der Waals surface area contributed by atoms with Crippen molar-refractivity contribution in [1.82, 2.24) is 5.32 Å². The number of carboxylic acids is 1. The molecule has 0 bridgehead atoms. The molecule has 0 heterocycles. The van der Waals surface area contributed by atoms with Gasteiger partial charge in [0.1, 0.15) is 0 Å². The topological polar surface area (TPSA) is 92.7 Å². The molecule has 1 unspecified atom stereocenters. The lowest BCUT2D eigenvalue weighted by Gasteiger charge is -2.08. The zero-order valence-corrected chi connectivity index (χ0v) is 12.1. The molecule has 0 fully saturated rings. The van der Waals surface area contributed by atoms with Crippen LogP contribution in [0.25, 0.3) is 0 Å². The van der Waals surface area contributed by atoms with Gasteiger partial charge >= 0.3 is 11.9 Å². The van der Waals surface area contributed by atoms with E-state index in [0.29, 0.717) is 19.6 Å². The first-order valence-corrected chi connectivity index (χ1v) is 7.26. The Morgan fingerprint density at radius 3 is 2.63 bits per heavy atom. The fourth-order valence-electron chi connectivity index (χ4n) is 1.27. The first-order valence-electron chi connectivity index (χ1n) is 6.21. The molecular formula is C12H21NO5S. The number of hydrogen-bond acceptors (Lipinski definition) is 5. The summed E-state index contributed by atoms with van der Waals surface area (Å²) in [7, 11) is 0. The Kier molecular flexibility index (Phi) is 9.97. The molecule has 1 atom stereocenters. The van der Waals surface area contributed by atoms with Crippen LogP contribution in [0.1, 0.15) is 33.1 Å². The third-order valence-electron chi connectivity index (χ3n) is 2.15. The van der Waals surface area contributed by atoms with Crippen LogP contribution in [-0.2, 0) is 19.1 Å². The van der Waals surface area contributed by atoms with Crippen LogP contribution in [0.4, 0.5) is 0 Å². The molecule has 0 aromatic rings. The predicted molar refractivity (Wildman–Crippen MR) is 73.0 cm³/mol. The first-order chi connectivity index (χ1) is 8.95. The Hall–Kier alpha value is -1.24. The Balaban J connectivity index is 3.54. The van der Waals surface area contributed by atoms with E-state index in [1.165, 1.54) is 11.8 Å². The van der Waals surface area contributed by atoms with Gasteiger partial charge in [-0.2, -0.15) is 0 Å².